The molecule has 0 aromatic rings. The molecule has 98 valence electrons. The summed E-state index contributed by atoms with van der Waals surface area (Å²) >= 11 is 0. The molecule has 0 bridgehead atoms. The van der Waals surface area contributed by atoms with Gasteiger partial charge in [0.2, 0.25) is 0 Å². The molecule has 0 N–H and O–H groups in total. The van der Waals surface area contributed by atoms with Gasteiger partial charge < -0.3 is 4.74 Å². The van der Waals surface area contributed by atoms with Gasteiger partial charge in [0.15, 0.2) is 0 Å². The van der Waals surface area contributed by atoms with E-state index in [2.05, 4.69) is 46.2 Å². The van der Waals surface area contributed by atoms with Crippen molar-refractivity contribution in [2.45, 2.75) is 65.7 Å². The van der Waals surface area contributed by atoms with E-state index in [-0.39, 0.29) is 8.07 Å². The van der Waals surface area contributed by atoms with E-state index in [4.69, 9.17) is 4.74 Å². The van der Waals surface area contributed by atoms with E-state index in [1.165, 1.54) is 12.6 Å². The average molecular weight is 247 g/mol. The molecule has 0 saturated heterocycles. The summed E-state index contributed by atoms with van der Waals surface area (Å²) in [7, 11) is 1.77. The number of hydrogen-bond acceptors (Lipinski definition) is 2. The van der Waals surface area contributed by atoms with Crippen LogP contribution >= 0.6 is 8.07 Å². The van der Waals surface area contributed by atoms with E-state index >= 15 is 0 Å². The monoisotopic (exact) mass is 247 g/mol. The molecule has 0 aromatic carbocycles. The van der Waals surface area contributed by atoms with Crippen molar-refractivity contribution in [3.63, 3.8) is 0 Å². The highest BCUT2D eigenvalue weighted by Crippen LogP contribution is 2.48. The second-order valence-corrected chi connectivity index (χ2v) is 7.99. The van der Waals surface area contributed by atoms with Crippen molar-refractivity contribution in [1.82, 2.24) is 4.67 Å². The zero-order chi connectivity index (χ0) is 12.7. The summed E-state index contributed by atoms with van der Waals surface area (Å²) in [6.07, 6.45) is 2.49. The molecular formula is C13H30NOP. The minimum atomic E-state index is -0.0203. The molecule has 0 spiro atoms. The fraction of sp³-hybridized carbons (Fsp3) is 1.00. The SMILES string of the molecule is COCCCP(C(C)C)N(C(C)C)C(C)C. The van der Waals surface area contributed by atoms with Gasteiger partial charge >= 0.3 is 0 Å². The van der Waals surface area contributed by atoms with Crippen molar-refractivity contribution >= 4 is 8.07 Å². The number of methoxy groups -OCH3 is 1. The Morgan fingerprint density at radius 2 is 1.50 bits per heavy atom. The first-order valence-corrected chi connectivity index (χ1v) is 8.00. The minimum Gasteiger partial charge on any atom is -0.385 e. The maximum atomic E-state index is 5.16. The van der Waals surface area contributed by atoms with Crippen molar-refractivity contribution in [3.8, 4) is 0 Å². The third kappa shape index (κ3) is 5.61. The largest absolute Gasteiger partial charge is 0.385 e. The lowest BCUT2D eigenvalue weighted by Gasteiger charge is -2.40. The van der Waals surface area contributed by atoms with Crippen LogP contribution < -0.4 is 0 Å². The van der Waals surface area contributed by atoms with Crippen LogP contribution in [0.5, 0.6) is 0 Å². The molecule has 0 aromatic heterocycles. The molecule has 0 fully saturated rings. The van der Waals surface area contributed by atoms with Crippen molar-refractivity contribution in [2.75, 3.05) is 19.9 Å². The minimum absolute atomic E-state index is 0.0203. The summed E-state index contributed by atoms with van der Waals surface area (Å²) < 4.78 is 7.87. The highest BCUT2D eigenvalue weighted by atomic mass is 31.1. The first-order valence-electron chi connectivity index (χ1n) is 6.45. The van der Waals surface area contributed by atoms with Crippen LogP contribution in [-0.4, -0.2) is 42.3 Å². The molecule has 1 atom stereocenters. The summed E-state index contributed by atoms with van der Waals surface area (Å²) in [6.45, 7) is 14.9. The fourth-order valence-corrected chi connectivity index (χ4v) is 5.12. The van der Waals surface area contributed by atoms with Crippen LogP contribution in [0.2, 0.25) is 0 Å². The van der Waals surface area contributed by atoms with Crippen LogP contribution in [-0.2, 0) is 4.74 Å². The van der Waals surface area contributed by atoms with Crippen molar-refractivity contribution in [3.05, 3.63) is 0 Å². The van der Waals surface area contributed by atoms with Gasteiger partial charge in [0, 0.05) is 25.8 Å². The lowest BCUT2D eigenvalue weighted by atomic mass is 10.3. The second kappa shape index (κ2) is 8.44. The predicted octanol–water partition coefficient (Wildman–Crippen LogP) is 3.95. The van der Waals surface area contributed by atoms with E-state index in [9.17, 15) is 0 Å². The van der Waals surface area contributed by atoms with E-state index < -0.39 is 0 Å². The van der Waals surface area contributed by atoms with Gasteiger partial charge in [0.05, 0.1) is 0 Å². The summed E-state index contributed by atoms with van der Waals surface area (Å²) in [5, 5.41) is 0. The van der Waals surface area contributed by atoms with Crippen molar-refractivity contribution in [2.24, 2.45) is 0 Å². The number of ether oxygens (including phenoxy) is 1. The molecular weight excluding hydrogens is 217 g/mol. The molecule has 0 aliphatic heterocycles. The molecule has 2 nitrogen and oxygen atoms in total. The maximum absolute atomic E-state index is 5.16. The predicted molar refractivity (Wildman–Crippen MR) is 75.5 cm³/mol. The number of rotatable bonds is 8. The lowest BCUT2D eigenvalue weighted by molar-refractivity contribution is 0.199. The van der Waals surface area contributed by atoms with Crippen LogP contribution in [0.3, 0.4) is 0 Å². The quantitative estimate of drug-likeness (QED) is 0.476. The van der Waals surface area contributed by atoms with E-state index in [0.717, 1.165) is 12.3 Å². The standard InChI is InChI=1S/C13H30NOP/c1-11(2)14(12(3)4)16(13(5)6)10-8-9-15-7/h11-13H,8-10H2,1-7H3. The van der Waals surface area contributed by atoms with Gasteiger partial charge in [-0.25, -0.2) is 0 Å². The Morgan fingerprint density at radius 3 is 1.81 bits per heavy atom. The molecule has 3 heteroatoms. The zero-order valence-corrected chi connectivity index (χ0v) is 13.1. The van der Waals surface area contributed by atoms with Crippen LogP contribution in [0, 0.1) is 0 Å². The summed E-state index contributed by atoms with van der Waals surface area (Å²) in [4.78, 5) is 0. The van der Waals surface area contributed by atoms with Gasteiger partial charge in [-0.3, -0.25) is 4.67 Å². The lowest BCUT2D eigenvalue weighted by Crippen LogP contribution is -2.35. The van der Waals surface area contributed by atoms with Crippen molar-refractivity contribution < 1.29 is 4.74 Å². The first kappa shape index (κ1) is 16.4. The van der Waals surface area contributed by atoms with Crippen molar-refractivity contribution in [1.29, 1.82) is 0 Å². The molecule has 0 rings (SSSR count). The summed E-state index contributed by atoms with van der Waals surface area (Å²) in [5.74, 6) is 0. The second-order valence-electron chi connectivity index (χ2n) is 5.17. The van der Waals surface area contributed by atoms with E-state index in [1.807, 2.05) is 0 Å². The average Bonchev–Trinajstić information content (AvgIpc) is 2.14. The van der Waals surface area contributed by atoms with Crippen LogP contribution in [0.25, 0.3) is 0 Å². The summed E-state index contributed by atoms with van der Waals surface area (Å²) in [5.41, 5.74) is 0.775. The Bertz CT molecular complexity index is 163. The van der Waals surface area contributed by atoms with Gasteiger partial charge in [-0.15, -0.1) is 0 Å². The number of nitrogens with zero attached hydrogens (tertiary/aromatic N) is 1. The summed E-state index contributed by atoms with van der Waals surface area (Å²) in [6, 6.07) is 1.30. The normalized spacial score (nSPS) is 14.4. The Balaban J connectivity index is 4.46. The van der Waals surface area contributed by atoms with E-state index in [1.54, 1.807) is 7.11 Å². The highest BCUT2D eigenvalue weighted by molar-refractivity contribution is 7.55. The number of hydrogen-bond donors (Lipinski definition) is 0. The maximum Gasteiger partial charge on any atom is 0.0466 e. The Hall–Kier alpha value is 0.350. The third-order valence-corrected chi connectivity index (χ3v) is 6.17. The van der Waals surface area contributed by atoms with Crippen LogP contribution in [0.15, 0.2) is 0 Å². The first-order chi connectivity index (χ1) is 7.41. The molecule has 0 saturated carbocycles. The third-order valence-electron chi connectivity index (χ3n) is 2.69. The molecule has 1 unspecified atom stereocenters. The Labute approximate surface area is 104 Å². The van der Waals surface area contributed by atoms with Crippen LogP contribution in [0.4, 0.5) is 0 Å². The molecule has 0 aliphatic carbocycles. The van der Waals surface area contributed by atoms with Gasteiger partial charge in [-0.05, 0) is 54.0 Å². The smallest absolute Gasteiger partial charge is 0.0466 e. The Morgan fingerprint density at radius 1 is 1.00 bits per heavy atom. The Kier molecular flexibility index (Phi) is 8.63. The van der Waals surface area contributed by atoms with Gasteiger partial charge in [0.25, 0.3) is 0 Å². The molecule has 0 aliphatic rings. The van der Waals surface area contributed by atoms with Gasteiger partial charge in [-0.1, -0.05) is 13.8 Å². The molecule has 16 heavy (non-hydrogen) atoms. The molecule has 0 amide bonds. The topological polar surface area (TPSA) is 12.5 Å². The fourth-order valence-electron chi connectivity index (χ4n) is 2.20. The van der Waals surface area contributed by atoms with Gasteiger partial charge in [0.1, 0.15) is 0 Å². The molecule has 0 heterocycles. The van der Waals surface area contributed by atoms with E-state index in [0.29, 0.717) is 12.1 Å². The molecule has 0 radical (unpaired) electrons. The highest BCUT2D eigenvalue weighted by Gasteiger charge is 2.25. The van der Waals surface area contributed by atoms with Crippen LogP contribution in [0.1, 0.15) is 48.0 Å². The zero-order valence-electron chi connectivity index (χ0n) is 12.2. The van der Waals surface area contributed by atoms with Gasteiger partial charge in [-0.2, -0.15) is 0 Å².